The lowest BCUT2D eigenvalue weighted by atomic mass is 10.0. The van der Waals surface area contributed by atoms with Gasteiger partial charge in [0, 0.05) is 15.8 Å². The van der Waals surface area contributed by atoms with Gasteiger partial charge in [0.25, 0.3) is 0 Å². The summed E-state index contributed by atoms with van der Waals surface area (Å²) < 4.78 is 6.20. The van der Waals surface area contributed by atoms with E-state index in [1.165, 1.54) is 20.9 Å². The second kappa shape index (κ2) is 6.07. The Kier molecular flexibility index (Phi) is 4.66. The van der Waals surface area contributed by atoms with Crippen molar-refractivity contribution in [2.45, 2.75) is 26.3 Å². The van der Waals surface area contributed by atoms with Crippen LogP contribution in [0.15, 0.2) is 28.7 Å². The molecular weight excluding hydrogens is 322 g/mol. The van der Waals surface area contributed by atoms with Crippen molar-refractivity contribution < 1.29 is 4.74 Å². The third-order valence-electron chi connectivity index (χ3n) is 3.22. The van der Waals surface area contributed by atoms with Gasteiger partial charge in [-0.25, -0.2) is 0 Å². The zero-order valence-corrected chi connectivity index (χ0v) is 13.8. The van der Waals surface area contributed by atoms with E-state index in [1.54, 1.807) is 18.4 Å². The first-order valence-electron chi connectivity index (χ1n) is 6.16. The number of rotatable bonds is 4. The highest BCUT2D eigenvalue weighted by Gasteiger charge is 2.12. The molecule has 0 aliphatic carbocycles. The van der Waals surface area contributed by atoms with Crippen molar-refractivity contribution in [2.24, 2.45) is 5.73 Å². The Morgan fingerprint density at radius 1 is 1.32 bits per heavy atom. The Bertz CT molecular complexity index is 560. The molecule has 1 aromatic heterocycles. The van der Waals surface area contributed by atoms with E-state index >= 15 is 0 Å². The Morgan fingerprint density at radius 3 is 2.58 bits per heavy atom. The lowest BCUT2D eigenvalue weighted by Crippen LogP contribution is -2.11. The normalized spacial score (nSPS) is 12.5. The van der Waals surface area contributed by atoms with Crippen LogP contribution in [0.1, 0.15) is 26.9 Å². The molecule has 1 unspecified atom stereocenters. The van der Waals surface area contributed by atoms with E-state index in [0.29, 0.717) is 0 Å². The smallest absolute Gasteiger partial charge is 0.133 e. The van der Waals surface area contributed by atoms with E-state index in [0.717, 1.165) is 16.6 Å². The Balaban J connectivity index is 2.14. The highest BCUT2D eigenvalue weighted by Crippen LogP contribution is 2.30. The molecule has 19 heavy (non-hydrogen) atoms. The van der Waals surface area contributed by atoms with Crippen molar-refractivity contribution in [3.05, 3.63) is 49.6 Å². The fourth-order valence-electron chi connectivity index (χ4n) is 1.98. The second-order valence-electron chi connectivity index (χ2n) is 4.67. The van der Waals surface area contributed by atoms with Crippen LogP contribution in [0.2, 0.25) is 0 Å². The highest BCUT2D eigenvalue weighted by molar-refractivity contribution is 9.10. The van der Waals surface area contributed by atoms with E-state index in [-0.39, 0.29) is 6.04 Å². The molecule has 0 saturated heterocycles. The van der Waals surface area contributed by atoms with Gasteiger partial charge >= 0.3 is 0 Å². The molecule has 0 saturated carbocycles. The Labute approximate surface area is 126 Å². The molecule has 0 bridgehead atoms. The monoisotopic (exact) mass is 339 g/mol. The zero-order chi connectivity index (χ0) is 14.0. The molecule has 0 amide bonds. The predicted octanol–water partition coefficient (Wildman–Crippen LogP) is 4.38. The molecule has 102 valence electrons. The number of aryl methyl sites for hydroxylation is 2. The van der Waals surface area contributed by atoms with Crippen molar-refractivity contribution in [2.75, 3.05) is 7.11 Å². The third kappa shape index (κ3) is 3.38. The van der Waals surface area contributed by atoms with Gasteiger partial charge in [0.15, 0.2) is 0 Å². The summed E-state index contributed by atoms with van der Waals surface area (Å²) in [6, 6.07) is 8.36. The molecule has 0 aliphatic rings. The van der Waals surface area contributed by atoms with Crippen LogP contribution >= 0.6 is 27.3 Å². The van der Waals surface area contributed by atoms with Gasteiger partial charge in [-0.15, -0.1) is 11.3 Å². The minimum Gasteiger partial charge on any atom is -0.496 e. The lowest BCUT2D eigenvalue weighted by molar-refractivity contribution is 0.412. The molecule has 1 atom stereocenters. The number of methoxy groups -OCH3 is 1. The van der Waals surface area contributed by atoms with Gasteiger partial charge in [-0.05, 0) is 65.5 Å². The van der Waals surface area contributed by atoms with Crippen LogP contribution in [0.25, 0.3) is 0 Å². The molecule has 2 aromatic rings. The van der Waals surface area contributed by atoms with Crippen LogP contribution in [0.4, 0.5) is 0 Å². The third-order valence-corrected chi connectivity index (χ3v) is 5.13. The van der Waals surface area contributed by atoms with Crippen LogP contribution in [-0.4, -0.2) is 7.11 Å². The summed E-state index contributed by atoms with van der Waals surface area (Å²) in [6.45, 7) is 4.27. The number of thiophene rings is 1. The zero-order valence-electron chi connectivity index (χ0n) is 11.4. The van der Waals surface area contributed by atoms with Crippen LogP contribution in [0.3, 0.4) is 0 Å². The number of hydrogen-bond acceptors (Lipinski definition) is 3. The topological polar surface area (TPSA) is 35.2 Å². The summed E-state index contributed by atoms with van der Waals surface area (Å²) >= 11 is 5.30. The number of hydrogen-bond donors (Lipinski definition) is 1. The molecule has 2 N–H and O–H groups in total. The number of ether oxygens (including phenoxy) is 1. The quantitative estimate of drug-likeness (QED) is 0.897. The maximum atomic E-state index is 6.29. The number of nitrogens with two attached hydrogens (primary N) is 1. The molecule has 2 rings (SSSR count). The van der Waals surface area contributed by atoms with Gasteiger partial charge in [0.1, 0.15) is 5.75 Å². The average molecular weight is 340 g/mol. The first kappa shape index (κ1) is 14.6. The lowest BCUT2D eigenvalue weighted by Gasteiger charge is -2.11. The average Bonchev–Trinajstić information content (AvgIpc) is 2.70. The van der Waals surface area contributed by atoms with Gasteiger partial charge in [-0.1, -0.05) is 6.07 Å². The molecule has 0 radical (unpaired) electrons. The maximum Gasteiger partial charge on any atom is 0.133 e. The van der Waals surface area contributed by atoms with Crippen LogP contribution in [0, 0.1) is 13.8 Å². The SMILES string of the molecule is COc1ccc(CC(N)c2cc(C)c(C)s2)cc1Br. The fourth-order valence-corrected chi connectivity index (χ4v) is 3.61. The van der Waals surface area contributed by atoms with Crippen LogP contribution in [-0.2, 0) is 6.42 Å². The van der Waals surface area contributed by atoms with Gasteiger partial charge < -0.3 is 10.5 Å². The summed E-state index contributed by atoms with van der Waals surface area (Å²) in [6.07, 6.45) is 0.835. The summed E-state index contributed by atoms with van der Waals surface area (Å²) in [5.41, 5.74) is 8.83. The van der Waals surface area contributed by atoms with E-state index in [2.05, 4.69) is 48.0 Å². The molecule has 2 nitrogen and oxygen atoms in total. The Hall–Kier alpha value is -0.840. The van der Waals surface area contributed by atoms with E-state index in [1.807, 2.05) is 6.07 Å². The van der Waals surface area contributed by atoms with E-state index in [9.17, 15) is 0 Å². The number of benzene rings is 1. The molecular formula is C15H18BrNOS. The van der Waals surface area contributed by atoms with Crippen LogP contribution in [0.5, 0.6) is 5.75 Å². The minimum absolute atomic E-state index is 0.0534. The van der Waals surface area contributed by atoms with E-state index < -0.39 is 0 Å². The first-order valence-corrected chi connectivity index (χ1v) is 7.77. The molecule has 0 spiro atoms. The van der Waals surface area contributed by atoms with Crippen molar-refractivity contribution in [1.29, 1.82) is 0 Å². The maximum absolute atomic E-state index is 6.29. The summed E-state index contributed by atoms with van der Waals surface area (Å²) in [7, 11) is 1.67. The fraction of sp³-hybridized carbons (Fsp3) is 0.333. The number of halogens is 1. The van der Waals surface area contributed by atoms with Crippen molar-refractivity contribution in [1.82, 2.24) is 0 Å². The van der Waals surface area contributed by atoms with Gasteiger partial charge in [0.2, 0.25) is 0 Å². The van der Waals surface area contributed by atoms with Crippen molar-refractivity contribution in [3.63, 3.8) is 0 Å². The molecule has 4 heteroatoms. The van der Waals surface area contributed by atoms with Gasteiger partial charge in [-0.3, -0.25) is 0 Å². The minimum atomic E-state index is 0.0534. The largest absolute Gasteiger partial charge is 0.496 e. The molecule has 1 heterocycles. The van der Waals surface area contributed by atoms with Crippen molar-refractivity contribution >= 4 is 27.3 Å². The van der Waals surface area contributed by atoms with Crippen LogP contribution < -0.4 is 10.5 Å². The Morgan fingerprint density at radius 2 is 2.05 bits per heavy atom. The summed E-state index contributed by atoms with van der Waals surface area (Å²) in [5, 5.41) is 0. The molecule has 1 aromatic carbocycles. The molecule has 0 fully saturated rings. The standard InChI is InChI=1S/C15H18BrNOS/c1-9-6-15(19-10(9)2)13(17)8-11-4-5-14(18-3)12(16)7-11/h4-7,13H,8,17H2,1-3H3. The predicted molar refractivity (Wildman–Crippen MR) is 85.1 cm³/mol. The first-order chi connectivity index (χ1) is 9.01. The van der Waals surface area contributed by atoms with E-state index in [4.69, 9.17) is 10.5 Å². The molecule has 0 aliphatic heterocycles. The summed E-state index contributed by atoms with van der Waals surface area (Å²) in [5.74, 6) is 0.847. The second-order valence-corrected chi connectivity index (χ2v) is 6.81. The summed E-state index contributed by atoms with van der Waals surface area (Å²) in [4.78, 5) is 2.60. The van der Waals surface area contributed by atoms with Gasteiger partial charge in [-0.2, -0.15) is 0 Å². The van der Waals surface area contributed by atoms with Crippen molar-refractivity contribution in [3.8, 4) is 5.75 Å². The van der Waals surface area contributed by atoms with Gasteiger partial charge in [0.05, 0.1) is 11.6 Å². The highest BCUT2D eigenvalue weighted by atomic mass is 79.9.